The van der Waals surface area contributed by atoms with Crippen molar-refractivity contribution < 1.29 is 9.84 Å². The number of benzene rings is 1. The lowest BCUT2D eigenvalue weighted by Gasteiger charge is -2.22. The maximum absolute atomic E-state index is 10.2. The molecule has 0 spiro atoms. The van der Waals surface area contributed by atoms with Gasteiger partial charge in [-0.15, -0.1) is 0 Å². The molecule has 4 N–H and O–H groups in total. The van der Waals surface area contributed by atoms with Crippen LogP contribution in [-0.4, -0.2) is 43.6 Å². The maximum Gasteiger partial charge on any atom is 0.166 e. The molecule has 0 unspecified atom stereocenters. The van der Waals surface area contributed by atoms with E-state index in [9.17, 15) is 5.11 Å². The third kappa shape index (κ3) is 6.45. The van der Waals surface area contributed by atoms with Gasteiger partial charge < -0.3 is 20.9 Å². The highest BCUT2D eigenvalue weighted by molar-refractivity contribution is 5.84. The summed E-state index contributed by atoms with van der Waals surface area (Å²) in [5, 5.41) is 13.5. The largest absolute Gasteiger partial charge is 0.504 e. The molecule has 0 heterocycles. The predicted octanol–water partition coefficient (Wildman–Crippen LogP) is 2.17. The number of rotatable bonds is 9. The van der Waals surface area contributed by atoms with Crippen LogP contribution in [0.15, 0.2) is 23.2 Å². The van der Waals surface area contributed by atoms with Crippen molar-refractivity contribution in [2.24, 2.45) is 16.1 Å². The topological polar surface area (TPSA) is 79.9 Å². The van der Waals surface area contributed by atoms with Crippen LogP contribution in [0.3, 0.4) is 0 Å². The van der Waals surface area contributed by atoms with Crippen LogP contribution >= 0.6 is 0 Å². The summed E-state index contributed by atoms with van der Waals surface area (Å²) in [6.45, 7) is 11.1. The Bertz CT molecular complexity index is 485. The molecule has 0 radical (unpaired) electrons. The lowest BCUT2D eigenvalue weighted by molar-refractivity contribution is 0.232. The highest BCUT2D eigenvalue weighted by Crippen LogP contribution is 2.29. The first-order chi connectivity index (χ1) is 10.4. The van der Waals surface area contributed by atoms with E-state index in [1.165, 1.54) is 0 Å². The van der Waals surface area contributed by atoms with Gasteiger partial charge in [-0.3, -0.25) is 4.99 Å². The summed E-state index contributed by atoms with van der Waals surface area (Å²) in [7, 11) is 0. The molecule has 0 fully saturated rings. The molecule has 5 heteroatoms. The second-order valence-electron chi connectivity index (χ2n) is 6.46. The Labute approximate surface area is 133 Å². The highest BCUT2D eigenvalue weighted by atomic mass is 16.5. The van der Waals surface area contributed by atoms with Crippen molar-refractivity contribution in [2.45, 2.75) is 33.8 Å². The van der Waals surface area contributed by atoms with Gasteiger partial charge in [0.05, 0.1) is 6.10 Å². The van der Waals surface area contributed by atoms with Gasteiger partial charge in [0.1, 0.15) is 0 Å². The Kier molecular flexibility index (Phi) is 7.35. The Morgan fingerprint density at radius 2 is 2.14 bits per heavy atom. The molecule has 0 saturated carbocycles. The fraction of sp³-hybridized carbons (Fsp3) is 0.588. The van der Waals surface area contributed by atoms with Crippen LogP contribution in [0.2, 0.25) is 0 Å². The minimum atomic E-state index is 0.0191. The number of ether oxygens (including phenoxy) is 1. The molecule has 5 nitrogen and oxygen atoms in total. The number of nitrogens with zero attached hydrogens (tertiary/aromatic N) is 1. The molecule has 0 saturated heterocycles. The van der Waals surface area contributed by atoms with Crippen LogP contribution in [0.5, 0.6) is 11.5 Å². The summed E-state index contributed by atoms with van der Waals surface area (Å²) in [4.78, 5) is 4.46. The minimum Gasteiger partial charge on any atom is -0.504 e. The van der Waals surface area contributed by atoms with E-state index in [-0.39, 0.29) is 17.3 Å². The quantitative estimate of drug-likeness (QED) is 0.482. The molecule has 0 amide bonds. The normalized spacial score (nSPS) is 12.3. The van der Waals surface area contributed by atoms with E-state index in [0.29, 0.717) is 24.4 Å². The zero-order valence-electron chi connectivity index (χ0n) is 14.1. The number of aromatic hydroxyl groups is 1. The van der Waals surface area contributed by atoms with E-state index >= 15 is 0 Å². The van der Waals surface area contributed by atoms with E-state index in [1.807, 2.05) is 26.0 Å². The molecular formula is C17H29N3O2. The van der Waals surface area contributed by atoms with Crippen molar-refractivity contribution in [3.63, 3.8) is 0 Å². The smallest absolute Gasteiger partial charge is 0.166 e. The lowest BCUT2D eigenvalue weighted by Crippen LogP contribution is -2.34. The van der Waals surface area contributed by atoms with Crippen LogP contribution in [0.1, 0.15) is 33.3 Å². The van der Waals surface area contributed by atoms with E-state index in [4.69, 9.17) is 10.5 Å². The third-order valence-electron chi connectivity index (χ3n) is 3.07. The Morgan fingerprint density at radius 1 is 1.41 bits per heavy atom. The summed E-state index contributed by atoms with van der Waals surface area (Å²) in [6, 6.07) is 5.44. The van der Waals surface area contributed by atoms with Crippen LogP contribution in [-0.2, 0) is 0 Å². The van der Waals surface area contributed by atoms with E-state index in [0.717, 1.165) is 13.1 Å². The van der Waals surface area contributed by atoms with Gasteiger partial charge in [0, 0.05) is 38.0 Å². The zero-order valence-corrected chi connectivity index (χ0v) is 14.1. The molecule has 0 bridgehead atoms. The number of phenolic OH excluding ortho intramolecular Hbond substituents is 1. The first-order valence-corrected chi connectivity index (χ1v) is 7.75. The van der Waals surface area contributed by atoms with Gasteiger partial charge in [0.25, 0.3) is 0 Å². The molecule has 0 aromatic heterocycles. The van der Waals surface area contributed by atoms with Crippen molar-refractivity contribution in [3.05, 3.63) is 23.8 Å². The summed E-state index contributed by atoms with van der Waals surface area (Å²) in [5.41, 5.74) is 6.17. The van der Waals surface area contributed by atoms with Crippen molar-refractivity contribution in [3.8, 4) is 11.5 Å². The van der Waals surface area contributed by atoms with E-state index < -0.39 is 0 Å². The Morgan fingerprint density at radius 3 is 2.77 bits per heavy atom. The average Bonchev–Trinajstić information content (AvgIpc) is 2.42. The van der Waals surface area contributed by atoms with Gasteiger partial charge in [0.2, 0.25) is 0 Å². The first-order valence-electron chi connectivity index (χ1n) is 7.75. The predicted molar refractivity (Wildman–Crippen MR) is 92.0 cm³/mol. The summed E-state index contributed by atoms with van der Waals surface area (Å²) in [6.07, 6.45) is 1.72. The number of nitrogens with two attached hydrogens (primary N) is 1. The minimum absolute atomic E-state index is 0.0191. The van der Waals surface area contributed by atoms with Gasteiger partial charge in [-0.25, -0.2) is 0 Å². The zero-order chi connectivity index (χ0) is 16.6. The molecule has 124 valence electrons. The van der Waals surface area contributed by atoms with Gasteiger partial charge >= 0.3 is 0 Å². The molecule has 1 aromatic carbocycles. The van der Waals surface area contributed by atoms with Gasteiger partial charge in [-0.1, -0.05) is 19.9 Å². The lowest BCUT2D eigenvalue weighted by atomic mass is 9.94. The molecule has 1 aromatic rings. The molecular weight excluding hydrogens is 278 g/mol. The van der Waals surface area contributed by atoms with Crippen LogP contribution in [0.25, 0.3) is 0 Å². The second-order valence-corrected chi connectivity index (χ2v) is 6.46. The summed E-state index contributed by atoms with van der Waals surface area (Å²) in [5.74, 6) is 0.627. The fourth-order valence-corrected chi connectivity index (χ4v) is 1.97. The number of nitrogens with one attached hydrogen (secondary N) is 1. The maximum atomic E-state index is 10.2. The molecule has 0 aliphatic carbocycles. The van der Waals surface area contributed by atoms with E-state index in [1.54, 1.807) is 12.3 Å². The number of hydrogen-bond acceptors (Lipinski definition) is 5. The van der Waals surface area contributed by atoms with Gasteiger partial charge in [-0.2, -0.15) is 0 Å². The average molecular weight is 307 g/mol. The highest BCUT2D eigenvalue weighted by Gasteiger charge is 2.16. The van der Waals surface area contributed by atoms with E-state index in [2.05, 4.69) is 24.2 Å². The molecule has 0 aliphatic heterocycles. The van der Waals surface area contributed by atoms with Crippen molar-refractivity contribution in [1.29, 1.82) is 0 Å². The third-order valence-corrected chi connectivity index (χ3v) is 3.07. The van der Waals surface area contributed by atoms with Crippen molar-refractivity contribution in [2.75, 3.05) is 26.2 Å². The van der Waals surface area contributed by atoms with Crippen LogP contribution in [0.4, 0.5) is 0 Å². The summed E-state index contributed by atoms with van der Waals surface area (Å²) >= 11 is 0. The Balaban J connectivity index is 2.66. The monoisotopic (exact) mass is 307 g/mol. The number of para-hydroxylation sites is 1. The first kappa shape index (κ1) is 18.5. The van der Waals surface area contributed by atoms with Gasteiger partial charge in [0.15, 0.2) is 11.5 Å². The van der Waals surface area contributed by atoms with Crippen molar-refractivity contribution >= 4 is 6.21 Å². The number of hydrogen-bond donors (Lipinski definition) is 3. The standard InChI is InChI=1S/C17H29N3O2/c1-13(2)22-15-7-5-6-14(16(15)21)10-20-12-17(3,4)11-19-9-8-18/h5-7,10,13,19,21H,8-9,11-12,18H2,1-4H3. The number of phenols is 1. The second kappa shape index (κ2) is 8.76. The van der Waals surface area contributed by atoms with Crippen LogP contribution in [0, 0.1) is 5.41 Å². The summed E-state index contributed by atoms with van der Waals surface area (Å²) < 4.78 is 5.56. The fourth-order valence-electron chi connectivity index (χ4n) is 1.97. The molecule has 0 aliphatic rings. The SMILES string of the molecule is CC(C)Oc1cccc(C=NCC(C)(C)CNCCN)c1O. The van der Waals surface area contributed by atoms with Gasteiger partial charge in [-0.05, 0) is 31.4 Å². The Hall–Kier alpha value is -1.59. The number of aliphatic imine (C=N–C) groups is 1. The molecule has 0 atom stereocenters. The van der Waals surface area contributed by atoms with Crippen LogP contribution < -0.4 is 15.8 Å². The molecule has 22 heavy (non-hydrogen) atoms. The molecule has 1 rings (SSSR count). The van der Waals surface area contributed by atoms with Crippen molar-refractivity contribution in [1.82, 2.24) is 5.32 Å².